The van der Waals surface area contributed by atoms with Gasteiger partial charge in [0.2, 0.25) is 5.91 Å². The Morgan fingerprint density at radius 2 is 1.31 bits per heavy atom. The number of carbonyl (C=O) groups is 3. The predicted octanol–water partition coefficient (Wildman–Crippen LogP) is 3.27. The summed E-state index contributed by atoms with van der Waals surface area (Å²) >= 11 is 0. The topological polar surface area (TPSA) is 89.3 Å². The average Bonchev–Trinajstić information content (AvgIpc) is 2.68. The number of hydrogen-bond donors (Lipinski definition) is 2. The fourth-order valence-corrected chi connectivity index (χ4v) is 2.57. The van der Waals surface area contributed by atoms with Crippen molar-refractivity contribution in [1.82, 2.24) is 0 Å². The Morgan fingerprint density at radius 3 is 2.00 bits per heavy atom. The first-order chi connectivity index (χ1) is 12.6. The van der Waals surface area contributed by atoms with Gasteiger partial charge in [-0.2, -0.15) is 0 Å². The minimum atomic E-state index is -0.583. The minimum Gasteiger partial charge on any atom is -0.366 e. The van der Waals surface area contributed by atoms with Crippen molar-refractivity contribution in [2.75, 3.05) is 5.32 Å². The van der Waals surface area contributed by atoms with Gasteiger partial charge in [-0.3, -0.25) is 14.4 Å². The fraction of sp³-hybridized carbons (Fsp3) is 0. The molecule has 0 heterocycles. The summed E-state index contributed by atoms with van der Waals surface area (Å²) in [5.41, 5.74) is 7.04. The van der Waals surface area contributed by atoms with Gasteiger partial charge >= 0.3 is 0 Å². The van der Waals surface area contributed by atoms with Crippen LogP contribution in [-0.2, 0) is 0 Å². The number of anilines is 1. The van der Waals surface area contributed by atoms with Crippen LogP contribution in [-0.4, -0.2) is 17.6 Å². The number of hydrogen-bond acceptors (Lipinski definition) is 3. The zero-order valence-corrected chi connectivity index (χ0v) is 13.8. The molecule has 5 heteroatoms. The summed E-state index contributed by atoms with van der Waals surface area (Å²) in [4.78, 5) is 36.7. The highest BCUT2D eigenvalue weighted by Crippen LogP contribution is 2.17. The standard InChI is InChI=1S/C21H16N2O3/c22-20(25)15-9-6-10-16(13-15)23-21(26)18-12-5-4-11-17(18)19(24)14-7-2-1-3-8-14/h1-13H,(H2,22,25)(H,23,26). The van der Waals surface area contributed by atoms with Crippen molar-refractivity contribution in [3.63, 3.8) is 0 Å². The average molecular weight is 344 g/mol. The van der Waals surface area contributed by atoms with E-state index in [-0.39, 0.29) is 16.9 Å². The van der Waals surface area contributed by atoms with Crippen LogP contribution in [0, 0.1) is 0 Å². The van der Waals surface area contributed by atoms with E-state index in [1.807, 2.05) is 6.07 Å². The van der Waals surface area contributed by atoms with E-state index in [0.717, 1.165) is 0 Å². The van der Waals surface area contributed by atoms with Crippen molar-refractivity contribution in [1.29, 1.82) is 0 Å². The van der Waals surface area contributed by atoms with Crippen molar-refractivity contribution < 1.29 is 14.4 Å². The number of nitrogens with two attached hydrogens (primary N) is 1. The van der Waals surface area contributed by atoms with Crippen LogP contribution < -0.4 is 11.1 Å². The number of ketones is 1. The highest BCUT2D eigenvalue weighted by Gasteiger charge is 2.18. The third-order valence-electron chi connectivity index (χ3n) is 3.86. The van der Waals surface area contributed by atoms with E-state index < -0.39 is 11.8 Å². The molecule has 3 rings (SSSR count). The zero-order chi connectivity index (χ0) is 18.5. The maximum absolute atomic E-state index is 12.7. The molecule has 0 fully saturated rings. The molecule has 3 aromatic rings. The summed E-state index contributed by atoms with van der Waals surface area (Å²) < 4.78 is 0. The van der Waals surface area contributed by atoms with Gasteiger partial charge in [-0.15, -0.1) is 0 Å². The lowest BCUT2D eigenvalue weighted by atomic mass is 9.98. The van der Waals surface area contributed by atoms with Gasteiger partial charge in [0.1, 0.15) is 0 Å². The number of rotatable bonds is 5. The second kappa shape index (κ2) is 7.44. The van der Waals surface area contributed by atoms with Gasteiger partial charge in [0.15, 0.2) is 5.78 Å². The maximum Gasteiger partial charge on any atom is 0.256 e. The van der Waals surface area contributed by atoms with E-state index in [4.69, 9.17) is 5.73 Å². The largest absolute Gasteiger partial charge is 0.366 e. The monoisotopic (exact) mass is 344 g/mol. The van der Waals surface area contributed by atoms with Crippen LogP contribution in [0.15, 0.2) is 78.9 Å². The first-order valence-electron chi connectivity index (χ1n) is 7.96. The highest BCUT2D eigenvalue weighted by molar-refractivity contribution is 6.17. The van der Waals surface area contributed by atoms with Crippen molar-refractivity contribution in [3.05, 3.63) is 101 Å². The van der Waals surface area contributed by atoms with Crippen molar-refractivity contribution in [2.24, 2.45) is 5.73 Å². The van der Waals surface area contributed by atoms with E-state index in [2.05, 4.69) is 5.32 Å². The number of benzene rings is 3. The van der Waals surface area contributed by atoms with Crippen LogP contribution in [0.4, 0.5) is 5.69 Å². The molecule has 2 amide bonds. The maximum atomic E-state index is 12.7. The Morgan fingerprint density at radius 1 is 0.692 bits per heavy atom. The van der Waals surface area contributed by atoms with Gasteiger partial charge in [-0.1, -0.05) is 54.6 Å². The van der Waals surface area contributed by atoms with Crippen LogP contribution in [0.1, 0.15) is 36.6 Å². The molecular formula is C21H16N2O3. The molecule has 0 aliphatic rings. The second-order valence-corrected chi connectivity index (χ2v) is 5.64. The number of primary amides is 1. The third kappa shape index (κ3) is 3.67. The molecule has 0 atom stereocenters. The Balaban J connectivity index is 1.90. The Hall–Kier alpha value is -3.73. The Labute approximate surface area is 150 Å². The van der Waals surface area contributed by atoms with Gasteiger partial charge in [-0.25, -0.2) is 0 Å². The predicted molar refractivity (Wildman–Crippen MR) is 99.2 cm³/mol. The SMILES string of the molecule is NC(=O)c1cccc(NC(=O)c2ccccc2C(=O)c2ccccc2)c1. The Bertz CT molecular complexity index is 981. The molecule has 0 spiro atoms. The smallest absolute Gasteiger partial charge is 0.256 e. The molecule has 0 radical (unpaired) electrons. The Kier molecular flexibility index (Phi) is 4.90. The first-order valence-corrected chi connectivity index (χ1v) is 7.96. The van der Waals surface area contributed by atoms with Gasteiger partial charge in [0.25, 0.3) is 5.91 Å². The molecule has 0 aliphatic heterocycles. The van der Waals surface area contributed by atoms with E-state index >= 15 is 0 Å². The van der Waals surface area contributed by atoms with E-state index in [1.54, 1.807) is 66.7 Å². The molecule has 0 saturated carbocycles. The molecule has 0 aliphatic carbocycles. The lowest BCUT2D eigenvalue weighted by molar-refractivity contribution is 0.0994. The van der Waals surface area contributed by atoms with Crippen LogP contribution in [0.2, 0.25) is 0 Å². The first kappa shape index (κ1) is 17.1. The molecule has 3 aromatic carbocycles. The van der Waals surface area contributed by atoms with Gasteiger partial charge in [0.05, 0.1) is 5.56 Å². The van der Waals surface area contributed by atoms with E-state index in [1.165, 1.54) is 6.07 Å². The van der Waals surface area contributed by atoms with Crippen LogP contribution in [0.5, 0.6) is 0 Å². The molecule has 0 aromatic heterocycles. The summed E-state index contributed by atoms with van der Waals surface area (Å²) in [5, 5.41) is 2.70. The summed E-state index contributed by atoms with van der Waals surface area (Å²) in [6, 6.07) is 21.7. The number of nitrogens with one attached hydrogen (secondary N) is 1. The fourth-order valence-electron chi connectivity index (χ4n) is 2.57. The highest BCUT2D eigenvalue weighted by atomic mass is 16.2. The minimum absolute atomic E-state index is 0.234. The lowest BCUT2D eigenvalue weighted by Gasteiger charge is -2.10. The van der Waals surface area contributed by atoms with Crippen molar-refractivity contribution >= 4 is 23.3 Å². The third-order valence-corrected chi connectivity index (χ3v) is 3.86. The molecule has 3 N–H and O–H groups in total. The van der Waals surface area contributed by atoms with Crippen molar-refractivity contribution in [3.8, 4) is 0 Å². The van der Waals surface area contributed by atoms with Crippen LogP contribution >= 0.6 is 0 Å². The summed E-state index contributed by atoms with van der Waals surface area (Å²) in [6.07, 6.45) is 0. The normalized spacial score (nSPS) is 10.2. The quantitative estimate of drug-likeness (QED) is 0.696. The van der Waals surface area contributed by atoms with Crippen LogP contribution in [0.3, 0.4) is 0 Å². The second-order valence-electron chi connectivity index (χ2n) is 5.64. The van der Waals surface area contributed by atoms with Crippen LogP contribution in [0.25, 0.3) is 0 Å². The van der Waals surface area contributed by atoms with Gasteiger partial charge in [-0.05, 0) is 24.3 Å². The van der Waals surface area contributed by atoms with E-state index in [0.29, 0.717) is 16.8 Å². The summed E-state index contributed by atoms with van der Waals surface area (Å²) in [7, 11) is 0. The molecule has 26 heavy (non-hydrogen) atoms. The number of amides is 2. The summed E-state index contributed by atoms with van der Waals surface area (Å²) in [6.45, 7) is 0. The van der Waals surface area contributed by atoms with Gasteiger partial charge in [0, 0.05) is 22.4 Å². The molecule has 0 saturated heterocycles. The number of carbonyl (C=O) groups excluding carboxylic acids is 3. The van der Waals surface area contributed by atoms with E-state index in [9.17, 15) is 14.4 Å². The molecule has 5 nitrogen and oxygen atoms in total. The van der Waals surface area contributed by atoms with Gasteiger partial charge < -0.3 is 11.1 Å². The van der Waals surface area contributed by atoms with Crippen molar-refractivity contribution in [2.45, 2.75) is 0 Å². The molecular weight excluding hydrogens is 328 g/mol. The molecule has 128 valence electrons. The molecule has 0 unspecified atom stereocenters. The zero-order valence-electron chi connectivity index (χ0n) is 13.8. The lowest BCUT2D eigenvalue weighted by Crippen LogP contribution is -2.17. The summed E-state index contributed by atoms with van der Waals surface area (Å²) in [5.74, 6) is -1.26. The molecule has 0 bridgehead atoms.